The number of hydrogen-bond donors (Lipinski definition) is 1. The summed E-state index contributed by atoms with van der Waals surface area (Å²) in [6, 6.07) is 7.90. The Morgan fingerprint density at radius 1 is 1.40 bits per heavy atom. The minimum Gasteiger partial charge on any atom is -0.451 e. The third-order valence-corrected chi connectivity index (χ3v) is 3.69. The van der Waals surface area contributed by atoms with Gasteiger partial charge in [0.2, 0.25) is 0 Å². The second-order valence-corrected chi connectivity index (χ2v) is 4.95. The predicted octanol–water partition coefficient (Wildman–Crippen LogP) is 1.39. The molecule has 0 aliphatic carbocycles. The third kappa shape index (κ3) is 2.10. The van der Waals surface area contributed by atoms with Crippen LogP contribution in [0, 0.1) is 0 Å². The van der Waals surface area contributed by atoms with Crippen LogP contribution in [0.4, 0.5) is 0 Å². The molecule has 1 N–H and O–H groups in total. The van der Waals surface area contributed by atoms with E-state index in [2.05, 4.69) is 0 Å². The van der Waals surface area contributed by atoms with Crippen molar-refractivity contribution in [3.63, 3.8) is 0 Å². The molecule has 5 heteroatoms. The zero-order valence-corrected chi connectivity index (χ0v) is 10.9. The quantitative estimate of drug-likeness (QED) is 0.897. The fourth-order valence-corrected chi connectivity index (χ4v) is 2.64. The summed E-state index contributed by atoms with van der Waals surface area (Å²) in [4.78, 5) is 26.0. The van der Waals surface area contributed by atoms with Crippen LogP contribution in [0.25, 0.3) is 11.0 Å². The highest BCUT2D eigenvalue weighted by Crippen LogP contribution is 2.20. The molecule has 2 heterocycles. The Bertz CT molecular complexity index is 706. The van der Waals surface area contributed by atoms with Gasteiger partial charge in [0.05, 0.1) is 18.0 Å². The van der Waals surface area contributed by atoms with E-state index >= 15 is 0 Å². The van der Waals surface area contributed by atoms with E-state index in [1.54, 1.807) is 29.2 Å². The van der Waals surface area contributed by atoms with E-state index < -0.39 is 0 Å². The highest BCUT2D eigenvalue weighted by atomic mass is 16.3. The van der Waals surface area contributed by atoms with Gasteiger partial charge in [0.1, 0.15) is 5.58 Å². The van der Waals surface area contributed by atoms with Crippen LogP contribution < -0.4 is 5.43 Å². The molecule has 0 saturated carbocycles. The molecular formula is C15H15NO4. The van der Waals surface area contributed by atoms with Crippen molar-refractivity contribution in [1.82, 2.24) is 4.90 Å². The summed E-state index contributed by atoms with van der Waals surface area (Å²) >= 11 is 0. The molecule has 0 unspecified atom stereocenters. The van der Waals surface area contributed by atoms with Crippen LogP contribution in [0.2, 0.25) is 0 Å². The maximum atomic E-state index is 12.4. The molecule has 5 nitrogen and oxygen atoms in total. The van der Waals surface area contributed by atoms with Gasteiger partial charge in [-0.2, -0.15) is 0 Å². The number of aliphatic hydroxyl groups is 1. The summed E-state index contributed by atoms with van der Waals surface area (Å²) in [5, 5.41) is 9.73. The van der Waals surface area contributed by atoms with Crippen LogP contribution in [0.3, 0.4) is 0 Å². The molecule has 104 valence electrons. The average molecular weight is 273 g/mol. The fraction of sp³-hybridized carbons (Fsp3) is 0.333. The second-order valence-electron chi connectivity index (χ2n) is 4.95. The normalized spacial score (nSPS) is 18.6. The lowest BCUT2D eigenvalue weighted by molar-refractivity contribution is 0.0646. The molecule has 1 fully saturated rings. The van der Waals surface area contributed by atoms with Crippen LogP contribution in [0.5, 0.6) is 0 Å². The van der Waals surface area contributed by atoms with Gasteiger partial charge >= 0.3 is 0 Å². The first kappa shape index (κ1) is 12.9. The van der Waals surface area contributed by atoms with Crippen LogP contribution in [-0.2, 0) is 0 Å². The zero-order valence-electron chi connectivity index (χ0n) is 10.9. The van der Waals surface area contributed by atoms with Gasteiger partial charge in [0.15, 0.2) is 11.2 Å². The molecular weight excluding hydrogens is 258 g/mol. The molecule has 1 atom stereocenters. The van der Waals surface area contributed by atoms with Crippen molar-refractivity contribution in [2.75, 3.05) is 13.2 Å². The maximum absolute atomic E-state index is 12.4. The average Bonchev–Trinajstić information content (AvgIpc) is 2.95. The SMILES string of the molecule is O=C(c1cc(=O)c2ccccc2o1)N1CCC[C@@H]1CO. The molecule has 1 aliphatic heterocycles. The highest BCUT2D eigenvalue weighted by Gasteiger charge is 2.30. The zero-order chi connectivity index (χ0) is 14.1. The first-order chi connectivity index (χ1) is 9.70. The molecule has 1 aromatic heterocycles. The van der Waals surface area contributed by atoms with Crippen molar-refractivity contribution in [3.05, 3.63) is 46.3 Å². The van der Waals surface area contributed by atoms with E-state index in [1.807, 2.05) is 0 Å². The van der Waals surface area contributed by atoms with Crippen molar-refractivity contribution in [2.24, 2.45) is 0 Å². The summed E-state index contributed by atoms with van der Waals surface area (Å²) in [5.74, 6) is -0.293. The lowest BCUT2D eigenvalue weighted by Crippen LogP contribution is -2.37. The molecule has 2 aromatic rings. The Hall–Kier alpha value is -2.14. The van der Waals surface area contributed by atoms with Gasteiger partial charge in [-0.1, -0.05) is 12.1 Å². The molecule has 1 saturated heterocycles. The van der Waals surface area contributed by atoms with Gasteiger partial charge in [-0.05, 0) is 25.0 Å². The number of aliphatic hydroxyl groups excluding tert-OH is 1. The number of likely N-dealkylation sites (tertiary alicyclic amines) is 1. The van der Waals surface area contributed by atoms with E-state index in [4.69, 9.17) is 4.42 Å². The van der Waals surface area contributed by atoms with Gasteiger partial charge in [-0.15, -0.1) is 0 Å². The molecule has 1 amide bonds. The third-order valence-electron chi connectivity index (χ3n) is 3.69. The van der Waals surface area contributed by atoms with Crippen molar-refractivity contribution >= 4 is 16.9 Å². The molecule has 1 aromatic carbocycles. The van der Waals surface area contributed by atoms with E-state index in [1.165, 1.54) is 6.07 Å². The molecule has 1 aliphatic rings. The maximum Gasteiger partial charge on any atom is 0.290 e. The first-order valence-electron chi connectivity index (χ1n) is 6.65. The largest absolute Gasteiger partial charge is 0.451 e. The number of nitrogens with zero attached hydrogens (tertiary/aromatic N) is 1. The Kier molecular flexibility index (Phi) is 3.28. The van der Waals surface area contributed by atoms with Crippen molar-refractivity contribution in [2.45, 2.75) is 18.9 Å². The summed E-state index contributed by atoms with van der Waals surface area (Å²) in [5.41, 5.74) is 0.179. The summed E-state index contributed by atoms with van der Waals surface area (Å²) in [6.07, 6.45) is 1.63. The number of amides is 1. The summed E-state index contributed by atoms with van der Waals surface area (Å²) in [7, 11) is 0. The Labute approximate surface area is 115 Å². The minimum absolute atomic E-state index is 0.0362. The van der Waals surface area contributed by atoms with Crippen LogP contribution in [0.15, 0.2) is 39.5 Å². The van der Waals surface area contributed by atoms with Crippen LogP contribution in [-0.4, -0.2) is 35.1 Å². The highest BCUT2D eigenvalue weighted by molar-refractivity contribution is 5.93. The molecule has 20 heavy (non-hydrogen) atoms. The standard InChI is InChI=1S/C15H15NO4/c17-9-10-4-3-7-16(10)15(19)14-8-12(18)11-5-1-2-6-13(11)20-14/h1-2,5-6,8,10,17H,3-4,7,9H2/t10-/m1/s1. The second kappa shape index (κ2) is 5.09. The lowest BCUT2D eigenvalue weighted by atomic mass is 10.2. The Balaban J connectivity index is 2.02. The fourth-order valence-electron chi connectivity index (χ4n) is 2.64. The van der Waals surface area contributed by atoms with Gasteiger partial charge < -0.3 is 14.4 Å². The monoisotopic (exact) mass is 273 g/mol. The molecule has 0 radical (unpaired) electrons. The van der Waals surface area contributed by atoms with Crippen molar-refractivity contribution in [3.8, 4) is 0 Å². The van der Waals surface area contributed by atoms with E-state index in [0.717, 1.165) is 12.8 Å². The topological polar surface area (TPSA) is 70.8 Å². The van der Waals surface area contributed by atoms with Gasteiger partial charge in [0, 0.05) is 12.6 Å². The molecule has 0 spiro atoms. The number of rotatable bonds is 2. The van der Waals surface area contributed by atoms with Crippen LogP contribution in [0.1, 0.15) is 23.4 Å². The number of hydrogen-bond acceptors (Lipinski definition) is 4. The lowest BCUT2D eigenvalue weighted by Gasteiger charge is -2.22. The molecule has 0 bridgehead atoms. The van der Waals surface area contributed by atoms with E-state index in [-0.39, 0.29) is 29.7 Å². The Morgan fingerprint density at radius 3 is 3.00 bits per heavy atom. The minimum atomic E-state index is -0.329. The number of benzene rings is 1. The van der Waals surface area contributed by atoms with Gasteiger partial charge in [-0.25, -0.2) is 0 Å². The van der Waals surface area contributed by atoms with Crippen LogP contribution >= 0.6 is 0 Å². The van der Waals surface area contributed by atoms with Gasteiger partial charge in [-0.3, -0.25) is 9.59 Å². The number of carbonyl (C=O) groups is 1. The van der Waals surface area contributed by atoms with E-state index in [9.17, 15) is 14.7 Å². The Morgan fingerprint density at radius 2 is 2.20 bits per heavy atom. The predicted molar refractivity (Wildman–Crippen MR) is 73.6 cm³/mol. The number of carbonyl (C=O) groups excluding carboxylic acids is 1. The number of para-hydroxylation sites is 1. The van der Waals surface area contributed by atoms with E-state index in [0.29, 0.717) is 17.5 Å². The van der Waals surface area contributed by atoms with Gasteiger partial charge in [0.25, 0.3) is 5.91 Å². The summed E-state index contributed by atoms with van der Waals surface area (Å²) in [6.45, 7) is 0.518. The first-order valence-corrected chi connectivity index (χ1v) is 6.65. The smallest absolute Gasteiger partial charge is 0.290 e. The van der Waals surface area contributed by atoms with Crippen molar-refractivity contribution < 1.29 is 14.3 Å². The number of fused-ring (bicyclic) bond motifs is 1. The van der Waals surface area contributed by atoms with Crippen molar-refractivity contribution in [1.29, 1.82) is 0 Å². The molecule has 3 rings (SSSR count). The summed E-state index contributed by atoms with van der Waals surface area (Å²) < 4.78 is 5.54.